The van der Waals surface area contributed by atoms with Gasteiger partial charge in [-0.3, -0.25) is 0 Å². The van der Waals surface area contributed by atoms with E-state index in [0.717, 1.165) is 17.9 Å². The molecule has 0 spiro atoms. The molecule has 0 aliphatic rings. The van der Waals surface area contributed by atoms with Gasteiger partial charge in [-0.2, -0.15) is 0 Å². The molecule has 0 aromatic heterocycles. The zero-order chi connectivity index (χ0) is 13.4. The lowest BCUT2D eigenvalue weighted by atomic mass is 10.0. The molecule has 0 amide bonds. The summed E-state index contributed by atoms with van der Waals surface area (Å²) in [6.07, 6.45) is 0.730. The number of ether oxygens (including phenoxy) is 2. The van der Waals surface area contributed by atoms with E-state index in [1.165, 1.54) is 0 Å². The molecule has 0 heterocycles. The average molecular weight is 253 g/mol. The molecule has 0 saturated heterocycles. The van der Waals surface area contributed by atoms with E-state index in [-0.39, 0.29) is 0 Å². The van der Waals surface area contributed by atoms with Gasteiger partial charge < -0.3 is 19.9 Å². The summed E-state index contributed by atoms with van der Waals surface area (Å²) >= 11 is 0. The Labute approximate surface area is 109 Å². The van der Waals surface area contributed by atoms with E-state index in [9.17, 15) is 5.11 Å². The lowest BCUT2D eigenvalue weighted by Crippen LogP contribution is -2.38. The van der Waals surface area contributed by atoms with Crippen molar-refractivity contribution in [3.05, 3.63) is 24.3 Å². The summed E-state index contributed by atoms with van der Waals surface area (Å²) in [4.78, 5) is 0. The molecule has 1 unspecified atom stereocenters. The SMILES string of the molecule is CCC(C)(O)CNCCOc1ccccc1OC. The summed E-state index contributed by atoms with van der Waals surface area (Å²) in [5.74, 6) is 1.47. The molecule has 4 heteroatoms. The van der Waals surface area contributed by atoms with Crippen molar-refractivity contribution in [1.82, 2.24) is 5.32 Å². The molecule has 1 aromatic carbocycles. The van der Waals surface area contributed by atoms with Gasteiger partial charge in [-0.05, 0) is 25.5 Å². The summed E-state index contributed by atoms with van der Waals surface area (Å²) in [6, 6.07) is 7.56. The first-order valence-electron chi connectivity index (χ1n) is 6.28. The Morgan fingerprint density at radius 2 is 1.94 bits per heavy atom. The molecular weight excluding hydrogens is 230 g/mol. The number of methoxy groups -OCH3 is 1. The topological polar surface area (TPSA) is 50.7 Å². The van der Waals surface area contributed by atoms with E-state index >= 15 is 0 Å². The molecule has 0 fully saturated rings. The average Bonchev–Trinajstić information content (AvgIpc) is 2.38. The molecule has 1 aromatic rings. The molecule has 0 aliphatic heterocycles. The third kappa shape index (κ3) is 4.94. The highest BCUT2D eigenvalue weighted by Gasteiger charge is 2.15. The van der Waals surface area contributed by atoms with Crippen LogP contribution in [-0.4, -0.2) is 37.5 Å². The molecular formula is C14H23NO3. The Kier molecular flexibility index (Phi) is 5.95. The second kappa shape index (κ2) is 7.24. The van der Waals surface area contributed by atoms with E-state index in [4.69, 9.17) is 9.47 Å². The fourth-order valence-corrected chi connectivity index (χ4v) is 1.45. The molecule has 1 rings (SSSR count). The smallest absolute Gasteiger partial charge is 0.161 e. The minimum absolute atomic E-state index is 0.542. The molecule has 18 heavy (non-hydrogen) atoms. The number of benzene rings is 1. The molecule has 0 radical (unpaired) electrons. The van der Waals surface area contributed by atoms with Crippen LogP contribution in [0.5, 0.6) is 11.5 Å². The Bertz CT molecular complexity index is 353. The number of aliphatic hydroxyl groups is 1. The standard InChI is InChI=1S/C14H23NO3/c1-4-14(2,16)11-15-9-10-18-13-8-6-5-7-12(13)17-3/h5-8,15-16H,4,9-11H2,1-3H3. The van der Waals surface area contributed by atoms with E-state index in [0.29, 0.717) is 19.7 Å². The van der Waals surface area contributed by atoms with Crippen molar-refractivity contribution >= 4 is 0 Å². The first-order chi connectivity index (χ1) is 8.59. The molecule has 102 valence electrons. The van der Waals surface area contributed by atoms with E-state index in [2.05, 4.69) is 5.32 Å². The Balaban J connectivity index is 2.26. The summed E-state index contributed by atoms with van der Waals surface area (Å²) < 4.78 is 10.8. The van der Waals surface area contributed by atoms with Crippen LogP contribution in [0.3, 0.4) is 0 Å². The fraction of sp³-hybridized carbons (Fsp3) is 0.571. The van der Waals surface area contributed by atoms with Crippen LogP contribution in [0.1, 0.15) is 20.3 Å². The monoisotopic (exact) mass is 253 g/mol. The second-order valence-corrected chi connectivity index (χ2v) is 4.53. The largest absolute Gasteiger partial charge is 0.493 e. The Morgan fingerprint density at radius 1 is 1.28 bits per heavy atom. The summed E-state index contributed by atoms with van der Waals surface area (Å²) in [7, 11) is 1.62. The number of hydrogen-bond donors (Lipinski definition) is 2. The maximum absolute atomic E-state index is 9.80. The molecule has 0 aliphatic carbocycles. The highest BCUT2D eigenvalue weighted by atomic mass is 16.5. The lowest BCUT2D eigenvalue weighted by molar-refractivity contribution is 0.0551. The van der Waals surface area contributed by atoms with Gasteiger partial charge >= 0.3 is 0 Å². The fourth-order valence-electron chi connectivity index (χ4n) is 1.45. The van der Waals surface area contributed by atoms with E-state index in [1.807, 2.05) is 38.1 Å². The highest BCUT2D eigenvalue weighted by Crippen LogP contribution is 2.25. The number of rotatable bonds is 8. The van der Waals surface area contributed by atoms with Gasteiger partial charge in [0.1, 0.15) is 6.61 Å². The molecule has 4 nitrogen and oxygen atoms in total. The van der Waals surface area contributed by atoms with Crippen molar-refractivity contribution in [1.29, 1.82) is 0 Å². The molecule has 1 atom stereocenters. The van der Waals surface area contributed by atoms with Crippen molar-refractivity contribution in [2.45, 2.75) is 25.9 Å². The van der Waals surface area contributed by atoms with Gasteiger partial charge in [0.25, 0.3) is 0 Å². The van der Waals surface area contributed by atoms with Crippen LogP contribution < -0.4 is 14.8 Å². The van der Waals surface area contributed by atoms with Crippen LogP contribution in [0.2, 0.25) is 0 Å². The Morgan fingerprint density at radius 3 is 2.56 bits per heavy atom. The number of nitrogens with one attached hydrogen (secondary N) is 1. The third-order valence-electron chi connectivity index (χ3n) is 2.87. The normalized spacial score (nSPS) is 14.0. The predicted octanol–water partition coefficient (Wildman–Crippen LogP) is 1.82. The number of para-hydroxylation sites is 2. The number of hydrogen-bond acceptors (Lipinski definition) is 4. The van der Waals surface area contributed by atoms with Crippen LogP contribution in [0.25, 0.3) is 0 Å². The first kappa shape index (κ1) is 14.8. The van der Waals surface area contributed by atoms with Crippen LogP contribution >= 0.6 is 0 Å². The quantitative estimate of drug-likeness (QED) is 0.694. The maximum Gasteiger partial charge on any atom is 0.161 e. The van der Waals surface area contributed by atoms with Crippen molar-refractivity contribution in [2.24, 2.45) is 0 Å². The third-order valence-corrected chi connectivity index (χ3v) is 2.87. The van der Waals surface area contributed by atoms with Crippen molar-refractivity contribution in [3.8, 4) is 11.5 Å². The minimum Gasteiger partial charge on any atom is -0.493 e. The Hall–Kier alpha value is -1.26. The highest BCUT2D eigenvalue weighted by molar-refractivity contribution is 5.39. The van der Waals surface area contributed by atoms with Crippen LogP contribution in [0.15, 0.2) is 24.3 Å². The van der Waals surface area contributed by atoms with Gasteiger partial charge in [-0.25, -0.2) is 0 Å². The molecule has 2 N–H and O–H groups in total. The summed E-state index contributed by atoms with van der Waals surface area (Å²) in [5.41, 5.74) is -0.648. The predicted molar refractivity (Wildman–Crippen MR) is 72.3 cm³/mol. The second-order valence-electron chi connectivity index (χ2n) is 4.53. The van der Waals surface area contributed by atoms with Gasteiger partial charge in [0, 0.05) is 13.1 Å². The lowest BCUT2D eigenvalue weighted by Gasteiger charge is -2.21. The van der Waals surface area contributed by atoms with Crippen molar-refractivity contribution in [2.75, 3.05) is 26.8 Å². The maximum atomic E-state index is 9.80. The molecule has 0 saturated carbocycles. The van der Waals surface area contributed by atoms with Gasteiger partial charge in [-0.1, -0.05) is 19.1 Å². The van der Waals surface area contributed by atoms with Crippen LogP contribution in [0, 0.1) is 0 Å². The van der Waals surface area contributed by atoms with Crippen LogP contribution in [0.4, 0.5) is 0 Å². The zero-order valence-corrected chi connectivity index (χ0v) is 11.4. The van der Waals surface area contributed by atoms with Crippen molar-refractivity contribution < 1.29 is 14.6 Å². The first-order valence-corrected chi connectivity index (χ1v) is 6.28. The van der Waals surface area contributed by atoms with Gasteiger partial charge in [-0.15, -0.1) is 0 Å². The minimum atomic E-state index is -0.648. The zero-order valence-electron chi connectivity index (χ0n) is 11.4. The van der Waals surface area contributed by atoms with Gasteiger partial charge in [0.05, 0.1) is 12.7 Å². The van der Waals surface area contributed by atoms with Gasteiger partial charge in [0.2, 0.25) is 0 Å². The van der Waals surface area contributed by atoms with Crippen LogP contribution in [-0.2, 0) is 0 Å². The van der Waals surface area contributed by atoms with E-state index in [1.54, 1.807) is 7.11 Å². The summed E-state index contributed by atoms with van der Waals surface area (Å²) in [6.45, 7) is 5.58. The van der Waals surface area contributed by atoms with E-state index < -0.39 is 5.60 Å². The summed E-state index contributed by atoms with van der Waals surface area (Å²) in [5, 5.41) is 13.0. The van der Waals surface area contributed by atoms with Crippen molar-refractivity contribution in [3.63, 3.8) is 0 Å². The molecule has 0 bridgehead atoms. The van der Waals surface area contributed by atoms with Gasteiger partial charge in [0.15, 0.2) is 11.5 Å².